The first-order valence-corrected chi connectivity index (χ1v) is 9.23. The molecule has 2 aromatic rings. The molecule has 7 heteroatoms. The highest BCUT2D eigenvalue weighted by atomic mass is 32.2. The van der Waals surface area contributed by atoms with Gasteiger partial charge in [-0.25, -0.2) is 4.98 Å². The van der Waals surface area contributed by atoms with Crippen LogP contribution in [0.3, 0.4) is 0 Å². The van der Waals surface area contributed by atoms with Gasteiger partial charge in [-0.2, -0.15) is 0 Å². The number of carbonyl (C=O) groups is 1. The number of aryl methyl sites for hydroxylation is 2. The van der Waals surface area contributed by atoms with Crippen LogP contribution in [0.5, 0.6) is 0 Å². The molecular formula is C15H19N3O2S2. The summed E-state index contributed by atoms with van der Waals surface area (Å²) in [6.07, 6.45) is 3.99. The second-order valence-electron chi connectivity index (χ2n) is 5.55. The van der Waals surface area contributed by atoms with Crippen molar-refractivity contribution in [2.24, 2.45) is 5.73 Å². The average Bonchev–Trinajstić information content (AvgIpc) is 3.02. The maximum atomic E-state index is 12.9. The number of aromatic nitrogens is 2. The molecule has 0 fully saturated rings. The molecule has 0 radical (unpaired) electrons. The number of hydrogen-bond acceptors (Lipinski definition) is 5. The van der Waals surface area contributed by atoms with Crippen molar-refractivity contribution in [3.05, 3.63) is 20.8 Å². The Balaban J connectivity index is 2.17. The predicted molar refractivity (Wildman–Crippen MR) is 90.7 cm³/mol. The van der Waals surface area contributed by atoms with Crippen LogP contribution in [-0.4, -0.2) is 20.7 Å². The van der Waals surface area contributed by atoms with E-state index in [0.717, 1.165) is 35.9 Å². The topological polar surface area (TPSA) is 78.0 Å². The molecule has 0 unspecified atom stereocenters. The molecule has 0 bridgehead atoms. The van der Waals surface area contributed by atoms with Gasteiger partial charge in [0.25, 0.3) is 5.56 Å². The number of amides is 1. The third-order valence-corrected chi connectivity index (χ3v) is 6.21. The number of carbonyl (C=O) groups excluding carboxylic acids is 1. The van der Waals surface area contributed by atoms with Gasteiger partial charge in [-0.3, -0.25) is 14.2 Å². The van der Waals surface area contributed by atoms with Gasteiger partial charge in [-0.05, 0) is 38.2 Å². The van der Waals surface area contributed by atoms with Crippen molar-refractivity contribution in [1.29, 1.82) is 0 Å². The smallest absolute Gasteiger partial charge is 0.263 e. The van der Waals surface area contributed by atoms with Crippen LogP contribution in [0, 0.1) is 0 Å². The Morgan fingerprint density at radius 1 is 1.50 bits per heavy atom. The largest absolute Gasteiger partial charge is 0.369 e. The molecule has 118 valence electrons. The molecule has 3 rings (SSSR count). The lowest BCUT2D eigenvalue weighted by atomic mass is 10.2. The molecule has 1 amide bonds. The van der Waals surface area contributed by atoms with Gasteiger partial charge in [-0.1, -0.05) is 18.7 Å². The van der Waals surface area contributed by atoms with Crippen molar-refractivity contribution in [2.75, 3.05) is 0 Å². The number of rotatable bonds is 5. The van der Waals surface area contributed by atoms with E-state index in [1.165, 1.54) is 22.2 Å². The van der Waals surface area contributed by atoms with Crippen LogP contribution >= 0.6 is 23.1 Å². The summed E-state index contributed by atoms with van der Waals surface area (Å²) >= 11 is 2.90. The highest BCUT2D eigenvalue weighted by molar-refractivity contribution is 8.00. The molecular weight excluding hydrogens is 318 g/mol. The molecule has 2 heterocycles. The zero-order chi connectivity index (χ0) is 15.9. The molecule has 0 aromatic carbocycles. The number of fused-ring (bicyclic) bond motifs is 3. The van der Waals surface area contributed by atoms with Gasteiger partial charge < -0.3 is 5.73 Å². The number of thiophene rings is 1. The summed E-state index contributed by atoms with van der Waals surface area (Å²) in [5, 5.41) is 0.992. The SMILES string of the molecule is CCCn1c(S[C@@H](C)C(N)=O)nc2sc3c(c2c1=O)CCC3. The van der Waals surface area contributed by atoms with Crippen molar-refractivity contribution in [1.82, 2.24) is 9.55 Å². The number of nitrogens with two attached hydrogens (primary N) is 1. The normalized spacial score (nSPS) is 15.2. The molecule has 1 aliphatic rings. The molecule has 2 N–H and O–H groups in total. The first kappa shape index (κ1) is 15.6. The summed E-state index contributed by atoms with van der Waals surface area (Å²) in [6, 6.07) is 0. The molecule has 0 saturated heterocycles. The van der Waals surface area contributed by atoms with Gasteiger partial charge in [0.2, 0.25) is 5.91 Å². The summed E-state index contributed by atoms with van der Waals surface area (Å²) < 4.78 is 1.71. The molecule has 5 nitrogen and oxygen atoms in total. The van der Waals surface area contributed by atoms with Crippen molar-refractivity contribution < 1.29 is 4.79 Å². The van der Waals surface area contributed by atoms with E-state index in [-0.39, 0.29) is 5.56 Å². The van der Waals surface area contributed by atoms with Gasteiger partial charge in [0.05, 0.1) is 10.6 Å². The molecule has 22 heavy (non-hydrogen) atoms. The van der Waals surface area contributed by atoms with E-state index < -0.39 is 11.2 Å². The Morgan fingerprint density at radius 3 is 2.95 bits per heavy atom. The van der Waals surface area contributed by atoms with E-state index in [4.69, 9.17) is 5.73 Å². The van der Waals surface area contributed by atoms with E-state index >= 15 is 0 Å². The van der Waals surface area contributed by atoms with E-state index in [2.05, 4.69) is 4.98 Å². The van der Waals surface area contributed by atoms with Crippen LogP contribution < -0.4 is 11.3 Å². The molecule has 0 aliphatic heterocycles. The lowest BCUT2D eigenvalue weighted by Gasteiger charge is -2.13. The quantitative estimate of drug-likeness (QED) is 0.671. The summed E-state index contributed by atoms with van der Waals surface area (Å²) in [5.41, 5.74) is 6.57. The molecule has 0 saturated carbocycles. The lowest BCUT2D eigenvalue weighted by Crippen LogP contribution is -2.27. The van der Waals surface area contributed by atoms with Crippen molar-refractivity contribution in [2.45, 2.75) is 56.5 Å². The second kappa shape index (κ2) is 6.04. The fourth-order valence-corrected chi connectivity index (χ4v) is 4.97. The third kappa shape index (κ3) is 2.56. The number of thioether (sulfide) groups is 1. The predicted octanol–water partition coefficient (Wildman–Crippen LogP) is 2.32. The van der Waals surface area contributed by atoms with E-state index in [1.807, 2.05) is 6.92 Å². The molecule has 1 atom stereocenters. The van der Waals surface area contributed by atoms with Gasteiger partial charge >= 0.3 is 0 Å². The van der Waals surface area contributed by atoms with Crippen LogP contribution in [-0.2, 0) is 24.2 Å². The minimum absolute atomic E-state index is 0.0328. The minimum Gasteiger partial charge on any atom is -0.369 e. The van der Waals surface area contributed by atoms with Crippen LogP contribution in [0.2, 0.25) is 0 Å². The average molecular weight is 337 g/mol. The summed E-state index contributed by atoms with van der Waals surface area (Å²) in [6.45, 7) is 4.38. The number of primary amides is 1. The first-order valence-electron chi connectivity index (χ1n) is 7.54. The Bertz CT molecular complexity index is 794. The highest BCUT2D eigenvalue weighted by Gasteiger charge is 2.24. The molecule has 0 spiro atoms. The maximum absolute atomic E-state index is 12.9. The zero-order valence-electron chi connectivity index (χ0n) is 12.7. The first-order chi connectivity index (χ1) is 10.5. The van der Waals surface area contributed by atoms with Crippen molar-refractivity contribution in [3.8, 4) is 0 Å². The van der Waals surface area contributed by atoms with E-state index in [0.29, 0.717) is 11.7 Å². The molecule has 2 aromatic heterocycles. The number of hydrogen-bond donors (Lipinski definition) is 1. The standard InChI is InChI=1S/C15H19N3O2S2/c1-3-7-18-14(20)11-9-5-4-6-10(9)22-13(11)17-15(18)21-8(2)12(16)19/h8H,3-7H2,1-2H3,(H2,16,19)/t8-/m0/s1. The molecule has 1 aliphatic carbocycles. The Morgan fingerprint density at radius 2 is 2.27 bits per heavy atom. The summed E-state index contributed by atoms with van der Waals surface area (Å²) in [5.74, 6) is -0.393. The zero-order valence-corrected chi connectivity index (χ0v) is 14.4. The van der Waals surface area contributed by atoms with Gasteiger partial charge in [0.1, 0.15) is 4.83 Å². The van der Waals surface area contributed by atoms with Crippen molar-refractivity contribution >= 4 is 39.2 Å². The minimum atomic E-state index is -0.403. The van der Waals surface area contributed by atoms with Crippen LogP contribution in [0.4, 0.5) is 0 Å². The maximum Gasteiger partial charge on any atom is 0.263 e. The summed E-state index contributed by atoms with van der Waals surface area (Å²) in [7, 11) is 0. The highest BCUT2D eigenvalue weighted by Crippen LogP contribution is 2.36. The third-order valence-electron chi connectivity index (χ3n) is 3.92. The van der Waals surface area contributed by atoms with Gasteiger partial charge in [0, 0.05) is 11.4 Å². The van der Waals surface area contributed by atoms with E-state index in [9.17, 15) is 9.59 Å². The van der Waals surface area contributed by atoms with Crippen LogP contribution in [0.1, 0.15) is 37.1 Å². The Hall–Kier alpha value is -1.34. The fourth-order valence-electron chi connectivity index (χ4n) is 2.79. The summed E-state index contributed by atoms with van der Waals surface area (Å²) in [4.78, 5) is 31.0. The van der Waals surface area contributed by atoms with Gasteiger partial charge in [0.15, 0.2) is 5.16 Å². The van der Waals surface area contributed by atoms with Crippen molar-refractivity contribution in [3.63, 3.8) is 0 Å². The van der Waals surface area contributed by atoms with E-state index in [1.54, 1.807) is 22.8 Å². The second-order valence-corrected chi connectivity index (χ2v) is 7.94. The number of nitrogens with zero attached hydrogens (tertiary/aromatic N) is 2. The van der Waals surface area contributed by atoms with Gasteiger partial charge in [-0.15, -0.1) is 11.3 Å². The Labute approximate surface area is 136 Å². The van der Waals surface area contributed by atoms with Crippen LogP contribution in [0.15, 0.2) is 9.95 Å². The Kier molecular flexibility index (Phi) is 4.27. The van der Waals surface area contributed by atoms with Crippen LogP contribution in [0.25, 0.3) is 10.2 Å². The monoisotopic (exact) mass is 337 g/mol. The fraction of sp³-hybridized carbons (Fsp3) is 0.533. The lowest BCUT2D eigenvalue weighted by molar-refractivity contribution is -0.117.